The van der Waals surface area contributed by atoms with Crippen molar-refractivity contribution in [1.82, 2.24) is 4.31 Å². The van der Waals surface area contributed by atoms with Gasteiger partial charge < -0.3 is 5.73 Å². The molecule has 0 aromatic rings. The van der Waals surface area contributed by atoms with Crippen LogP contribution in [0.25, 0.3) is 0 Å². The largest absolute Gasteiger partial charge is 0.350 e. The van der Waals surface area contributed by atoms with Crippen molar-refractivity contribution in [2.24, 2.45) is 5.73 Å². The summed E-state index contributed by atoms with van der Waals surface area (Å²) in [4.78, 5) is 0. The minimum Gasteiger partial charge on any atom is -0.329 e. The Bertz CT molecular complexity index is 352. The number of hydrogen-bond donors (Lipinski definition) is 1. The second kappa shape index (κ2) is 6.25. The molecule has 1 aliphatic rings. The van der Waals surface area contributed by atoms with Gasteiger partial charge in [0.2, 0.25) is 0 Å². The highest BCUT2D eigenvalue weighted by Crippen LogP contribution is 2.35. The fraction of sp³-hybridized carbons (Fsp3) is 1.00. The Morgan fingerprint density at radius 3 is 2.06 bits per heavy atom. The van der Waals surface area contributed by atoms with E-state index in [0.29, 0.717) is 12.8 Å². The maximum Gasteiger partial charge on any atom is 0.350 e. The van der Waals surface area contributed by atoms with Crippen LogP contribution in [0.3, 0.4) is 0 Å². The summed E-state index contributed by atoms with van der Waals surface area (Å²) in [7, 11) is -4.56. The molecule has 7 heteroatoms. The number of hydrogen-bond acceptors (Lipinski definition) is 3. The molecule has 0 unspecified atom stereocenters. The van der Waals surface area contributed by atoms with Gasteiger partial charge in [0.15, 0.2) is 0 Å². The molecule has 0 spiro atoms. The maximum absolute atomic E-state index is 12.7. The lowest BCUT2D eigenvalue weighted by Crippen LogP contribution is -2.57. The highest BCUT2D eigenvalue weighted by molar-refractivity contribution is 7.89. The molecule has 0 aromatic heterocycles. The normalized spacial score (nSPS) is 21.2. The summed E-state index contributed by atoms with van der Waals surface area (Å²) in [5.41, 5.74) is 4.91. The summed E-state index contributed by atoms with van der Waals surface area (Å²) >= 11 is 0. The highest BCUT2D eigenvalue weighted by Gasteiger charge is 2.45. The lowest BCUT2D eigenvalue weighted by Gasteiger charge is -2.41. The van der Waals surface area contributed by atoms with Gasteiger partial charge in [-0.25, -0.2) is 8.42 Å². The number of likely N-dealkylation sites (N-methyl/N-ethyl adjacent to an activating group) is 1. The molecular weight excluding hydrogens is 262 g/mol. The van der Waals surface area contributed by atoms with Crippen molar-refractivity contribution in [1.29, 1.82) is 0 Å². The van der Waals surface area contributed by atoms with Gasteiger partial charge in [-0.15, -0.1) is 0 Å². The third kappa shape index (κ3) is 3.00. The van der Waals surface area contributed by atoms with Crippen molar-refractivity contribution in [3.8, 4) is 0 Å². The topological polar surface area (TPSA) is 63.4 Å². The highest BCUT2D eigenvalue weighted by atomic mass is 32.2. The van der Waals surface area contributed by atoms with Crippen LogP contribution in [0.2, 0.25) is 0 Å². The van der Waals surface area contributed by atoms with E-state index in [1.165, 1.54) is 0 Å². The van der Waals surface area contributed by atoms with Gasteiger partial charge in [-0.05, 0) is 12.8 Å². The molecule has 1 aliphatic carbocycles. The molecule has 1 saturated carbocycles. The van der Waals surface area contributed by atoms with Crippen molar-refractivity contribution < 1.29 is 17.2 Å². The molecule has 0 radical (unpaired) electrons. The van der Waals surface area contributed by atoms with E-state index >= 15 is 0 Å². The molecule has 0 heterocycles. The summed E-state index contributed by atoms with van der Waals surface area (Å²) in [5.74, 6) is -3.37. The quantitative estimate of drug-likeness (QED) is 0.784. The lowest BCUT2D eigenvalue weighted by molar-refractivity contribution is 0.149. The fourth-order valence-corrected chi connectivity index (χ4v) is 4.17. The predicted molar refractivity (Wildman–Crippen MR) is 66.8 cm³/mol. The molecule has 0 atom stereocenters. The molecule has 0 aromatic carbocycles. The van der Waals surface area contributed by atoms with Crippen molar-refractivity contribution in [2.45, 2.75) is 56.7 Å². The minimum atomic E-state index is -4.56. The first-order valence-corrected chi connectivity index (χ1v) is 7.91. The second-order valence-electron chi connectivity index (χ2n) is 4.81. The molecule has 1 fully saturated rings. The molecule has 4 nitrogen and oxygen atoms in total. The van der Waals surface area contributed by atoms with Gasteiger partial charge in [0.05, 0.1) is 0 Å². The van der Waals surface area contributed by atoms with E-state index in [1.54, 1.807) is 6.92 Å². The van der Waals surface area contributed by atoms with Crippen LogP contribution >= 0.6 is 0 Å². The summed E-state index contributed by atoms with van der Waals surface area (Å²) in [6.07, 6.45) is 4.84. The third-order valence-corrected chi connectivity index (χ3v) is 5.47. The first kappa shape index (κ1) is 15.8. The molecule has 0 amide bonds. The van der Waals surface area contributed by atoms with Crippen LogP contribution in [0.4, 0.5) is 8.78 Å². The van der Waals surface area contributed by atoms with Crippen LogP contribution in [-0.2, 0) is 10.0 Å². The SMILES string of the molecule is CCN(C1(CN)CCCCCC1)S(=O)(=O)C(F)F. The Kier molecular flexibility index (Phi) is 5.48. The van der Waals surface area contributed by atoms with Gasteiger partial charge >= 0.3 is 5.76 Å². The van der Waals surface area contributed by atoms with Crippen molar-refractivity contribution in [3.63, 3.8) is 0 Å². The van der Waals surface area contributed by atoms with E-state index in [9.17, 15) is 17.2 Å². The number of nitrogens with zero attached hydrogens (tertiary/aromatic N) is 1. The van der Waals surface area contributed by atoms with Crippen LogP contribution in [0.1, 0.15) is 45.4 Å². The third-order valence-electron chi connectivity index (χ3n) is 3.76. The van der Waals surface area contributed by atoms with E-state index in [1.807, 2.05) is 0 Å². The zero-order valence-electron chi connectivity index (χ0n) is 10.7. The van der Waals surface area contributed by atoms with Gasteiger partial charge in [0.1, 0.15) is 0 Å². The average Bonchev–Trinajstić information content (AvgIpc) is 2.56. The number of halogens is 2. The zero-order valence-corrected chi connectivity index (χ0v) is 11.6. The Morgan fingerprint density at radius 2 is 1.72 bits per heavy atom. The number of sulfonamides is 1. The van der Waals surface area contributed by atoms with Crippen molar-refractivity contribution in [2.75, 3.05) is 13.1 Å². The van der Waals surface area contributed by atoms with Crippen LogP contribution < -0.4 is 5.73 Å². The van der Waals surface area contributed by atoms with E-state index in [0.717, 1.165) is 30.0 Å². The number of rotatable bonds is 5. The summed E-state index contributed by atoms with van der Waals surface area (Å²) in [6.45, 7) is 1.74. The van der Waals surface area contributed by atoms with E-state index < -0.39 is 21.3 Å². The Balaban J connectivity index is 3.09. The van der Waals surface area contributed by atoms with Crippen LogP contribution in [0, 0.1) is 0 Å². The van der Waals surface area contributed by atoms with Gasteiger partial charge in [0, 0.05) is 18.6 Å². The molecule has 0 aliphatic heterocycles. The first-order chi connectivity index (χ1) is 8.40. The summed E-state index contributed by atoms with van der Waals surface area (Å²) < 4.78 is 49.9. The van der Waals surface area contributed by atoms with Crippen LogP contribution in [0.5, 0.6) is 0 Å². The molecule has 0 saturated heterocycles. The smallest absolute Gasteiger partial charge is 0.329 e. The van der Waals surface area contributed by atoms with E-state index in [-0.39, 0.29) is 13.1 Å². The average molecular weight is 284 g/mol. The molecule has 1 rings (SSSR count). The minimum absolute atomic E-state index is 0.0455. The summed E-state index contributed by atoms with van der Waals surface area (Å²) in [5, 5.41) is 0. The standard InChI is InChI=1S/C11H22F2N2O2S/c1-2-15(18(16,17)10(12)13)11(9-14)7-5-3-4-6-8-11/h10H,2-9,14H2,1H3. The Hall–Kier alpha value is -0.270. The van der Waals surface area contributed by atoms with Crippen LogP contribution in [0.15, 0.2) is 0 Å². The molecule has 0 bridgehead atoms. The molecule has 2 N–H and O–H groups in total. The predicted octanol–water partition coefficient (Wildman–Crippen LogP) is 1.91. The van der Waals surface area contributed by atoms with Crippen molar-refractivity contribution in [3.05, 3.63) is 0 Å². The second-order valence-corrected chi connectivity index (χ2v) is 6.64. The van der Waals surface area contributed by atoms with Gasteiger partial charge in [-0.2, -0.15) is 13.1 Å². The van der Waals surface area contributed by atoms with Gasteiger partial charge in [-0.1, -0.05) is 32.6 Å². The first-order valence-electron chi connectivity index (χ1n) is 6.40. The van der Waals surface area contributed by atoms with Crippen molar-refractivity contribution >= 4 is 10.0 Å². The number of alkyl halides is 2. The maximum atomic E-state index is 12.7. The fourth-order valence-electron chi connectivity index (χ4n) is 2.82. The van der Waals surface area contributed by atoms with E-state index in [4.69, 9.17) is 5.73 Å². The molecule has 108 valence electrons. The number of nitrogens with two attached hydrogens (primary N) is 1. The van der Waals surface area contributed by atoms with Gasteiger partial charge in [-0.3, -0.25) is 0 Å². The molecular formula is C11H22F2N2O2S. The monoisotopic (exact) mass is 284 g/mol. The summed E-state index contributed by atoms with van der Waals surface area (Å²) in [6, 6.07) is 0. The Morgan fingerprint density at radius 1 is 1.22 bits per heavy atom. The van der Waals surface area contributed by atoms with Gasteiger partial charge in [0.25, 0.3) is 10.0 Å². The lowest BCUT2D eigenvalue weighted by atomic mass is 9.90. The van der Waals surface area contributed by atoms with Crippen LogP contribution in [-0.4, -0.2) is 37.1 Å². The Labute approximate surface area is 108 Å². The van der Waals surface area contributed by atoms with E-state index in [2.05, 4.69) is 0 Å². The zero-order chi connectivity index (χ0) is 13.8. The molecule has 18 heavy (non-hydrogen) atoms.